The SMILES string of the molecule is Cn1cc(Nc2nccc(-c3ccc4c(c3)CN(CC(F)(F)F)CCC4)n2)cn1. The summed E-state index contributed by atoms with van der Waals surface area (Å²) in [6, 6.07) is 7.70. The van der Waals surface area contributed by atoms with E-state index in [1.165, 1.54) is 4.90 Å². The third-order valence-electron chi connectivity index (χ3n) is 4.84. The van der Waals surface area contributed by atoms with E-state index >= 15 is 0 Å². The number of aromatic nitrogens is 4. The van der Waals surface area contributed by atoms with Crippen molar-refractivity contribution in [2.24, 2.45) is 7.05 Å². The fraction of sp³-hybridized carbons (Fsp3) is 0.350. The number of anilines is 2. The van der Waals surface area contributed by atoms with E-state index in [4.69, 9.17) is 0 Å². The Morgan fingerprint density at radius 2 is 2.03 bits per heavy atom. The van der Waals surface area contributed by atoms with Gasteiger partial charge in [0.25, 0.3) is 0 Å². The standard InChI is InChI=1S/C20H21F3N6/c1-28-12-17(10-25-28)26-19-24-7-6-18(27-19)15-5-4-14-3-2-8-29(11-16(14)9-15)13-20(21,22)23/h4-7,9-10,12H,2-3,8,11,13H2,1H3,(H,24,26,27). The summed E-state index contributed by atoms with van der Waals surface area (Å²) in [6.07, 6.45) is 2.45. The maximum atomic E-state index is 12.8. The highest BCUT2D eigenvalue weighted by Gasteiger charge is 2.31. The van der Waals surface area contributed by atoms with Gasteiger partial charge in [-0.15, -0.1) is 0 Å². The second kappa shape index (κ2) is 7.82. The van der Waals surface area contributed by atoms with Gasteiger partial charge in [-0.1, -0.05) is 12.1 Å². The summed E-state index contributed by atoms with van der Waals surface area (Å²) in [5.41, 5.74) is 4.36. The number of aryl methyl sites for hydroxylation is 2. The lowest BCUT2D eigenvalue weighted by Gasteiger charge is -2.22. The van der Waals surface area contributed by atoms with Crippen molar-refractivity contribution in [3.63, 3.8) is 0 Å². The molecule has 0 unspecified atom stereocenters. The molecule has 1 aromatic carbocycles. The molecule has 3 heterocycles. The van der Waals surface area contributed by atoms with Crippen molar-refractivity contribution in [1.82, 2.24) is 24.6 Å². The molecule has 29 heavy (non-hydrogen) atoms. The Labute approximate surface area is 166 Å². The third kappa shape index (κ3) is 4.92. The number of rotatable bonds is 4. The van der Waals surface area contributed by atoms with Crippen molar-refractivity contribution in [2.75, 3.05) is 18.4 Å². The molecule has 0 atom stereocenters. The van der Waals surface area contributed by atoms with Crippen molar-refractivity contribution in [3.8, 4) is 11.3 Å². The maximum Gasteiger partial charge on any atom is 0.401 e. The van der Waals surface area contributed by atoms with Crippen LogP contribution in [0.3, 0.4) is 0 Å². The van der Waals surface area contributed by atoms with E-state index in [0.29, 0.717) is 18.2 Å². The first-order valence-electron chi connectivity index (χ1n) is 9.36. The molecule has 0 saturated carbocycles. The molecule has 0 spiro atoms. The van der Waals surface area contributed by atoms with E-state index in [9.17, 15) is 13.2 Å². The number of hydrogen-bond acceptors (Lipinski definition) is 5. The fourth-order valence-corrected chi connectivity index (χ4v) is 3.57. The van der Waals surface area contributed by atoms with Crippen molar-refractivity contribution >= 4 is 11.6 Å². The number of nitrogens with one attached hydrogen (secondary N) is 1. The Morgan fingerprint density at radius 3 is 2.79 bits per heavy atom. The zero-order valence-electron chi connectivity index (χ0n) is 15.9. The van der Waals surface area contributed by atoms with Crippen molar-refractivity contribution in [3.05, 3.63) is 54.0 Å². The van der Waals surface area contributed by atoms with E-state index in [2.05, 4.69) is 20.4 Å². The summed E-state index contributed by atoms with van der Waals surface area (Å²) >= 11 is 0. The first-order chi connectivity index (χ1) is 13.9. The molecule has 0 radical (unpaired) electrons. The van der Waals surface area contributed by atoms with Gasteiger partial charge in [-0.3, -0.25) is 9.58 Å². The Kier molecular flexibility index (Phi) is 5.23. The smallest absolute Gasteiger partial charge is 0.321 e. The highest BCUT2D eigenvalue weighted by atomic mass is 19.4. The van der Waals surface area contributed by atoms with E-state index in [1.54, 1.807) is 23.1 Å². The van der Waals surface area contributed by atoms with E-state index in [1.807, 2.05) is 31.4 Å². The number of fused-ring (bicyclic) bond motifs is 1. The Morgan fingerprint density at radius 1 is 1.17 bits per heavy atom. The van der Waals surface area contributed by atoms with Gasteiger partial charge < -0.3 is 5.32 Å². The van der Waals surface area contributed by atoms with Crippen LogP contribution in [-0.2, 0) is 20.0 Å². The summed E-state index contributed by atoms with van der Waals surface area (Å²) in [4.78, 5) is 10.2. The van der Waals surface area contributed by atoms with Crippen molar-refractivity contribution in [2.45, 2.75) is 25.6 Å². The van der Waals surface area contributed by atoms with Gasteiger partial charge in [0.2, 0.25) is 5.95 Å². The van der Waals surface area contributed by atoms with E-state index in [0.717, 1.165) is 35.2 Å². The minimum Gasteiger partial charge on any atom is -0.321 e. The van der Waals surface area contributed by atoms with Gasteiger partial charge in [-0.25, -0.2) is 9.97 Å². The number of hydrogen-bond donors (Lipinski definition) is 1. The summed E-state index contributed by atoms with van der Waals surface area (Å²) in [5.74, 6) is 0.434. The first-order valence-corrected chi connectivity index (χ1v) is 9.36. The molecule has 2 aromatic heterocycles. The first kappa shape index (κ1) is 19.4. The summed E-state index contributed by atoms with van der Waals surface area (Å²) in [5, 5.41) is 7.20. The van der Waals surface area contributed by atoms with Crippen LogP contribution < -0.4 is 5.32 Å². The fourth-order valence-electron chi connectivity index (χ4n) is 3.57. The van der Waals surface area contributed by atoms with Crippen LogP contribution in [0.1, 0.15) is 17.5 Å². The van der Waals surface area contributed by atoms with E-state index in [-0.39, 0.29) is 6.54 Å². The van der Waals surface area contributed by atoms with Gasteiger partial charge in [0, 0.05) is 31.5 Å². The molecule has 1 aliphatic rings. The molecule has 3 aromatic rings. The maximum absolute atomic E-state index is 12.8. The highest BCUT2D eigenvalue weighted by Crippen LogP contribution is 2.27. The second-order valence-electron chi connectivity index (χ2n) is 7.21. The molecule has 0 fully saturated rings. The van der Waals surface area contributed by atoms with Gasteiger partial charge >= 0.3 is 6.18 Å². The lowest BCUT2D eigenvalue weighted by atomic mass is 10.00. The zero-order chi connectivity index (χ0) is 20.4. The molecule has 4 rings (SSSR count). The van der Waals surface area contributed by atoms with Crippen LogP contribution in [0.2, 0.25) is 0 Å². The van der Waals surface area contributed by atoms with Crippen LogP contribution in [0.4, 0.5) is 24.8 Å². The molecule has 0 amide bonds. The molecule has 9 heteroatoms. The number of benzene rings is 1. The topological polar surface area (TPSA) is 58.9 Å². The molecule has 152 valence electrons. The van der Waals surface area contributed by atoms with Crippen molar-refractivity contribution in [1.29, 1.82) is 0 Å². The van der Waals surface area contributed by atoms with Gasteiger partial charge in [-0.2, -0.15) is 18.3 Å². The Balaban J connectivity index is 1.57. The second-order valence-corrected chi connectivity index (χ2v) is 7.21. The lowest BCUT2D eigenvalue weighted by Crippen LogP contribution is -2.33. The zero-order valence-corrected chi connectivity index (χ0v) is 15.9. The molecule has 0 saturated heterocycles. The largest absolute Gasteiger partial charge is 0.401 e. The molecular formula is C20H21F3N6. The molecule has 6 nitrogen and oxygen atoms in total. The average Bonchev–Trinajstić information content (AvgIpc) is 2.95. The van der Waals surface area contributed by atoms with Crippen LogP contribution in [-0.4, -0.2) is 43.9 Å². The van der Waals surface area contributed by atoms with Gasteiger partial charge in [0.05, 0.1) is 24.1 Å². The summed E-state index contributed by atoms with van der Waals surface area (Å²) in [6.45, 7) is -0.159. The molecule has 0 bridgehead atoms. The molecule has 0 aliphatic carbocycles. The highest BCUT2D eigenvalue weighted by molar-refractivity contribution is 5.63. The number of halogens is 3. The number of nitrogens with zero attached hydrogens (tertiary/aromatic N) is 5. The van der Waals surface area contributed by atoms with Crippen LogP contribution in [0, 0.1) is 0 Å². The van der Waals surface area contributed by atoms with Gasteiger partial charge in [0.15, 0.2) is 0 Å². The Bertz CT molecular complexity index is 998. The predicted molar refractivity (Wildman–Crippen MR) is 104 cm³/mol. The van der Waals surface area contributed by atoms with Crippen LogP contribution in [0.15, 0.2) is 42.9 Å². The minimum atomic E-state index is -4.19. The predicted octanol–water partition coefficient (Wildman–Crippen LogP) is 3.93. The molecular weight excluding hydrogens is 381 g/mol. The Hall–Kier alpha value is -2.94. The van der Waals surface area contributed by atoms with Crippen LogP contribution in [0.25, 0.3) is 11.3 Å². The summed E-state index contributed by atoms with van der Waals surface area (Å²) in [7, 11) is 1.82. The minimum absolute atomic E-state index is 0.286. The quantitative estimate of drug-likeness (QED) is 0.717. The lowest BCUT2D eigenvalue weighted by molar-refractivity contribution is -0.147. The van der Waals surface area contributed by atoms with Crippen LogP contribution in [0.5, 0.6) is 0 Å². The normalized spacial score (nSPS) is 15.0. The van der Waals surface area contributed by atoms with Gasteiger partial charge in [-0.05, 0) is 42.6 Å². The summed E-state index contributed by atoms with van der Waals surface area (Å²) < 4.78 is 40.2. The average molecular weight is 402 g/mol. The van der Waals surface area contributed by atoms with Crippen molar-refractivity contribution < 1.29 is 13.2 Å². The number of alkyl halides is 3. The molecule has 1 N–H and O–H groups in total. The third-order valence-corrected chi connectivity index (χ3v) is 4.84. The monoisotopic (exact) mass is 402 g/mol. The van der Waals surface area contributed by atoms with E-state index < -0.39 is 12.7 Å². The molecule has 1 aliphatic heterocycles. The van der Waals surface area contributed by atoms with Crippen LogP contribution >= 0.6 is 0 Å². The van der Waals surface area contributed by atoms with Gasteiger partial charge in [0.1, 0.15) is 0 Å².